The lowest BCUT2D eigenvalue weighted by Gasteiger charge is -2.07. The quantitative estimate of drug-likeness (QED) is 0.822. The molecule has 1 aliphatic carbocycles. The summed E-state index contributed by atoms with van der Waals surface area (Å²) in [4.78, 5) is 15.0. The van der Waals surface area contributed by atoms with E-state index in [-0.39, 0.29) is 6.42 Å². The lowest BCUT2D eigenvalue weighted by molar-refractivity contribution is -0.136. The zero-order chi connectivity index (χ0) is 10.8. The molecule has 0 amide bonds. The normalized spacial score (nSPS) is 17.1. The van der Waals surface area contributed by atoms with Gasteiger partial charge in [-0.3, -0.25) is 4.79 Å². The molecule has 1 aliphatic rings. The van der Waals surface area contributed by atoms with Crippen LogP contribution in [-0.2, 0) is 18.3 Å². The Hall–Kier alpha value is -1.32. The number of carboxylic acid groups (broad SMARTS) is 1. The van der Waals surface area contributed by atoms with Crippen molar-refractivity contribution >= 4 is 5.97 Å². The smallest absolute Gasteiger partial charge is 0.309 e. The molecule has 1 aromatic heterocycles. The maximum absolute atomic E-state index is 10.6. The fourth-order valence-electron chi connectivity index (χ4n) is 2.35. The number of hydrogen-bond acceptors (Lipinski definition) is 2. The number of imidazole rings is 1. The summed E-state index contributed by atoms with van der Waals surface area (Å²) in [5.41, 5.74) is 0.673. The first-order valence-corrected chi connectivity index (χ1v) is 5.40. The van der Waals surface area contributed by atoms with Crippen molar-refractivity contribution in [2.75, 3.05) is 0 Å². The van der Waals surface area contributed by atoms with E-state index in [1.165, 1.54) is 25.7 Å². The summed E-state index contributed by atoms with van der Waals surface area (Å²) in [6, 6.07) is 0. The van der Waals surface area contributed by atoms with Crippen molar-refractivity contribution in [2.45, 2.75) is 38.0 Å². The molecule has 82 valence electrons. The molecule has 4 nitrogen and oxygen atoms in total. The fraction of sp³-hybridized carbons (Fsp3) is 0.636. The maximum atomic E-state index is 10.6. The third kappa shape index (κ3) is 2.19. The maximum Gasteiger partial charge on any atom is 0.309 e. The van der Waals surface area contributed by atoms with Crippen molar-refractivity contribution < 1.29 is 9.90 Å². The minimum Gasteiger partial charge on any atom is -0.481 e. The molecule has 0 saturated heterocycles. The molecule has 0 aromatic carbocycles. The molecule has 0 spiro atoms. The van der Waals surface area contributed by atoms with Gasteiger partial charge in [-0.25, -0.2) is 4.98 Å². The van der Waals surface area contributed by atoms with E-state index >= 15 is 0 Å². The van der Waals surface area contributed by atoms with E-state index in [1.54, 1.807) is 0 Å². The molecule has 0 aliphatic heterocycles. The summed E-state index contributed by atoms with van der Waals surface area (Å²) in [5.74, 6) is 0.785. The van der Waals surface area contributed by atoms with Crippen molar-refractivity contribution in [2.24, 2.45) is 7.05 Å². The lowest BCUT2D eigenvalue weighted by atomic mass is 10.1. The van der Waals surface area contributed by atoms with Crippen molar-refractivity contribution in [3.63, 3.8) is 0 Å². The Morgan fingerprint density at radius 1 is 1.60 bits per heavy atom. The number of hydrogen-bond donors (Lipinski definition) is 1. The molecule has 1 fully saturated rings. The van der Waals surface area contributed by atoms with Crippen LogP contribution in [0, 0.1) is 0 Å². The Balaban J connectivity index is 2.17. The van der Waals surface area contributed by atoms with Crippen molar-refractivity contribution in [1.82, 2.24) is 9.55 Å². The number of aliphatic carboxylic acids is 1. The number of rotatable bonds is 3. The topological polar surface area (TPSA) is 55.1 Å². The molecular weight excluding hydrogens is 192 g/mol. The average molecular weight is 208 g/mol. The van der Waals surface area contributed by atoms with Gasteiger partial charge >= 0.3 is 5.97 Å². The number of aryl methyl sites for hydroxylation is 1. The molecule has 0 atom stereocenters. The molecule has 4 heteroatoms. The van der Waals surface area contributed by atoms with Crippen molar-refractivity contribution in [3.05, 3.63) is 17.7 Å². The molecule has 0 unspecified atom stereocenters. The third-order valence-electron chi connectivity index (χ3n) is 3.01. The summed E-state index contributed by atoms with van der Waals surface area (Å²) in [7, 11) is 1.95. The molecule has 1 aromatic rings. The van der Waals surface area contributed by atoms with Crippen LogP contribution >= 0.6 is 0 Å². The Morgan fingerprint density at radius 2 is 2.27 bits per heavy atom. The highest BCUT2D eigenvalue weighted by molar-refractivity contribution is 5.69. The van der Waals surface area contributed by atoms with E-state index in [0.717, 1.165) is 5.82 Å². The average Bonchev–Trinajstić information content (AvgIpc) is 2.72. The number of carboxylic acids is 1. The van der Waals surface area contributed by atoms with Crippen LogP contribution in [0.3, 0.4) is 0 Å². The molecule has 15 heavy (non-hydrogen) atoms. The van der Waals surface area contributed by atoms with Crippen LogP contribution in [0.25, 0.3) is 0 Å². The second-order valence-electron chi connectivity index (χ2n) is 4.25. The van der Waals surface area contributed by atoms with Crippen molar-refractivity contribution in [3.8, 4) is 0 Å². The summed E-state index contributed by atoms with van der Waals surface area (Å²) >= 11 is 0. The molecule has 0 radical (unpaired) electrons. The van der Waals surface area contributed by atoms with E-state index in [4.69, 9.17) is 5.11 Å². The zero-order valence-corrected chi connectivity index (χ0v) is 8.94. The predicted octanol–water partition coefficient (Wildman–Crippen LogP) is 1.70. The Labute approximate surface area is 88.9 Å². The van der Waals surface area contributed by atoms with E-state index in [9.17, 15) is 4.79 Å². The highest BCUT2D eigenvalue weighted by Crippen LogP contribution is 2.33. The van der Waals surface area contributed by atoms with E-state index in [1.807, 2.05) is 17.8 Å². The van der Waals surface area contributed by atoms with Gasteiger partial charge in [-0.15, -0.1) is 0 Å². The fourth-order valence-corrected chi connectivity index (χ4v) is 2.35. The summed E-state index contributed by atoms with van der Waals surface area (Å²) in [6.07, 6.45) is 6.79. The van der Waals surface area contributed by atoms with Gasteiger partial charge in [-0.05, 0) is 12.8 Å². The van der Waals surface area contributed by atoms with Gasteiger partial charge in [0.05, 0.1) is 12.1 Å². The van der Waals surface area contributed by atoms with Gasteiger partial charge in [0.25, 0.3) is 0 Å². The Bertz CT molecular complexity index is 365. The number of aromatic nitrogens is 2. The van der Waals surface area contributed by atoms with Gasteiger partial charge in [0.15, 0.2) is 0 Å². The second-order valence-corrected chi connectivity index (χ2v) is 4.25. The monoisotopic (exact) mass is 208 g/mol. The molecule has 1 heterocycles. The molecule has 1 saturated carbocycles. The van der Waals surface area contributed by atoms with Gasteiger partial charge in [-0.2, -0.15) is 0 Å². The lowest BCUT2D eigenvalue weighted by Crippen LogP contribution is -2.02. The summed E-state index contributed by atoms with van der Waals surface area (Å²) in [5, 5.41) is 8.68. The zero-order valence-electron chi connectivity index (χ0n) is 8.94. The van der Waals surface area contributed by atoms with Gasteiger partial charge in [0.1, 0.15) is 5.82 Å². The van der Waals surface area contributed by atoms with Crippen LogP contribution in [-0.4, -0.2) is 20.6 Å². The first kappa shape index (κ1) is 10.2. The molecule has 0 bridgehead atoms. The van der Waals surface area contributed by atoms with Crippen LogP contribution in [0.5, 0.6) is 0 Å². The van der Waals surface area contributed by atoms with E-state index < -0.39 is 5.97 Å². The van der Waals surface area contributed by atoms with E-state index in [0.29, 0.717) is 11.6 Å². The summed E-state index contributed by atoms with van der Waals surface area (Å²) < 4.78 is 1.98. The summed E-state index contributed by atoms with van der Waals surface area (Å²) in [6.45, 7) is 0. The largest absolute Gasteiger partial charge is 0.481 e. The minimum absolute atomic E-state index is 0.0283. The number of nitrogens with zero attached hydrogens (tertiary/aromatic N) is 2. The van der Waals surface area contributed by atoms with Crippen LogP contribution in [0.4, 0.5) is 0 Å². The molecule has 2 rings (SSSR count). The van der Waals surface area contributed by atoms with Gasteiger partial charge < -0.3 is 9.67 Å². The van der Waals surface area contributed by atoms with E-state index in [2.05, 4.69) is 4.98 Å². The van der Waals surface area contributed by atoms with Crippen LogP contribution in [0.1, 0.15) is 43.1 Å². The van der Waals surface area contributed by atoms with Crippen molar-refractivity contribution in [1.29, 1.82) is 0 Å². The SMILES string of the molecule is Cn1cc(CC(=O)O)nc1C1CCCC1. The standard InChI is InChI=1S/C11H16N2O2/c1-13-7-9(6-10(14)15)12-11(13)8-4-2-3-5-8/h7-8H,2-6H2,1H3,(H,14,15). The third-order valence-corrected chi connectivity index (χ3v) is 3.01. The van der Waals surface area contributed by atoms with Crippen LogP contribution in [0.15, 0.2) is 6.20 Å². The Kier molecular flexibility index (Phi) is 2.75. The minimum atomic E-state index is -0.814. The predicted molar refractivity (Wildman–Crippen MR) is 55.8 cm³/mol. The highest BCUT2D eigenvalue weighted by Gasteiger charge is 2.21. The van der Waals surface area contributed by atoms with Gasteiger partial charge in [-0.1, -0.05) is 12.8 Å². The first-order valence-electron chi connectivity index (χ1n) is 5.40. The van der Waals surface area contributed by atoms with Crippen LogP contribution < -0.4 is 0 Å². The molecule has 1 N–H and O–H groups in total. The molecular formula is C11H16N2O2. The van der Waals surface area contributed by atoms with Gasteiger partial charge in [0, 0.05) is 19.2 Å². The van der Waals surface area contributed by atoms with Crippen LogP contribution in [0.2, 0.25) is 0 Å². The van der Waals surface area contributed by atoms with Gasteiger partial charge in [0.2, 0.25) is 0 Å². The second kappa shape index (κ2) is 4.04. The number of carbonyl (C=O) groups is 1. The Morgan fingerprint density at radius 3 is 2.87 bits per heavy atom. The first-order chi connectivity index (χ1) is 7.16. The highest BCUT2D eigenvalue weighted by atomic mass is 16.4.